The summed E-state index contributed by atoms with van der Waals surface area (Å²) in [7, 11) is 1.61. The zero-order valence-corrected chi connectivity index (χ0v) is 16.5. The van der Waals surface area contributed by atoms with Crippen molar-refractivity contribution < 1.29 is 14.3 Å². The van der Waals surface area contributed by atoms with Crippen molar-refractivity contribution in [3.05, 3.63) is 56.5 Å². The van der Waals surface area contributed by atoms with Gasteiger partial charge in [-0.25, -0.2) is 0 Å². The van der Waals surface area contributed by atoms with Crippen LogP contribution in [0.5, 0.6) is 5.75 Å². The fourth-order valence-corrected chi connectivity index (χ4v) is 2.90. The molecule has 132 valence electrons. The molecule has 0 heterocycles. The van der Waals surface area contributed by atoms with E-state index in [0.29, 0.717) is 33.0 Å². The maximum atomic E-state index is 12.0. The Kier molecular flexibility index (Phi) is 7.29. The second-order valence-electron chi connectivity index (χ2n) is 5.33. The smallest absolute Gasteiger partial charge is 0.291 e. The van der Waals surface area contributed by atoms with Crippen LogP contribution in [0.3, 0.4) is 0 Å². The molecule has 0 aliphatic rings. The van der Waals surface area contributed by atoms with Gasteiger partial charge in [-0.3, -0.25) is 9.59 Å². The van der Waals surface area contributed by atoms with Gasteiger partial charge in [0.2, 0.25) is 5.78 Å². The number of Topliss-reactive ketones (excluding diaryl/α,β-unsaturated/α-hetero) is 1. The van der Waals surface area contributed by atoms with E-state index in [1.165, 1.54) is 12.1 Å². The van der Waals surface area contributed by atoms with Crippen molar-refractivity contribution in [1.82, 2.24) is 0 Å². The summed E-state index contributed by atoms with van der Waals surface area (Å²) in [6, 6.07) is 10.7. The minimum atomic E-state index is -0.677. The van der Waals surface area contributed by atoms with Crippen LogP contribution in [0.2, 0.25) is 10.0 Å². The molecule has 0 aromatic heterocycles. The van der Waals surface area contributed by atoms with Crippen molar-refractivity contribution in [2.45, 2.75) is 19.3 Å². The van der Waals surface area contributed by atoms with E-state index in [-0.39, 0.29) is 6.42 Å². The topological polar surface area (TPSA) is 55.4 Å². The average Bonchev–Trinajstić information content (AvgIpc) is 2.60. The molecule has 1 N–H and O–H groups in total. The molecule has 0 saturated carbocycles. The third kappa shape index (κ3) is 5.73. The van der Waals surface area contributed by atoms with E-state index in [4.69, 9.17) is 27.9 Å². The summed E-state index contributed by atoms with van der Waals surface area (Å²) in [5.74, 6) is -0.376. The number of carbonyl (C=O) groups is 2. The number of aryl methyl sites for hydroxylation is 1. The number of benzene rings is 2. The molecule has 0 spiro atoms. The summed E-state index contributed by atoms with van der Waals surface area (Å²) in [5.41, 5.74) is 1.46. The number of ether oxygens (including phenoxy) is 1. The minimum Gasteiger partial charge on any atom is -0.497 e. The van der Waals surface area contributed by atoms with Crippen LogP contribution in [0.25, 0.3) is 0 Å². The number of halogens is 3. The van der Waals surface area contributed by atoms with Gasteiger partial charge in [0.25, 0.3) is 5.91 Å². The first kappa shape index (κ1) is 19.8. The van der Waals surface area contributed by atoms with Gasteiger partial charge in [0, 0.05) is 12.1 Å². The van der Waals surface area contributed by atoms with Gasteiger partial charge in [0.15, 0.2) is 0 Å². The van der Waals surface area contributed by atoms with E-state index in [2.05, 4.69) is 21.2 Å². The summed E-state index contributed by atoms with van der Waals surface area (Å²) in [6.07, 6.45) is 1.45. The lowest BCUT2D eigenvalue weighted by Crippen LogP contribution is -2.22. The van der Waals surface area contributed by atoms with E-state index >= 15 is 0 Å². The Morgan fingerprint density at radius 2 is 1.72 bits per heavy atom. The van der Waals surface area contributed by atoms with Crippen molar-refractivity contribution in [3.63, 3.8) is 0 Å². The van der Waals surface area contributed by atoms with Crippen LogP contribution >= 0.6 is 39.1 Å². The van der Waals surface area contributed by atoms with Gasteiger partial charge < -0.3 is 10.1 Å². The number of carbonyl (C=O) groups excluding carboxylic acids is 2. The van der Waals surface area contributed by atoms with Gasteiger partial charge in [-0.15, -0.1) is 0 Å². The fraction of sp³-hybridized carbons (Fsp3) is 0.222. The van der Waals surface area contributed by atoms with Crippen molar-refractivity contribution in [3.8, 4) is 5.75 Å². The molecule has 0 aliphatic heterocycles. The Balaban J connectivity index is 1.84. The number of hydrogen-bond donors (Lipinski definition) is 1. The first-order valence-electron chi connectivity index (χ1n) is 7.52. The van der Waals surface area contributed by atoms with Gasteiger partial charge in [0.1, 0.15) is 5.75 Å². The highest BCUT2D eigenvalue weighted by Gasteiger charge is 2.15. The molecule has 2 aromatic carbocycles. The number of anilines is 1. The summed E-state index contributed by atoms with van der Waals surface area (Å²) < 4.78 is 5.64. The van der Waals surface area contributed by atoms with Gasteiger partial charge >= 0.3 is 0 Å². The molecule has 0 radical (unpaired) electrons. The average molecular weight is 445 g/mol. The summed E-state index contributed by atoms with van der Waals surface area (Å²) >= 11 is 15.2. The lowest BCUT2D eigenvalue weighted by molar-refractivity contribution is -0.134. The quantitative estimate of drug-likeness (QED) is 0.465. The highest BCUT2D eigenvalue weighted by molar-refractivity contribution is 9.10. The highest BCUT2D eigenvalue weighted by atomic mass is 79.9. The van der Waals surface area contributed by atoms with E-state index in [1.54, 1.807) is 7.11 Å². The number of hydrogen-bond acceptors (Lipinski definition) is 3. The number of methoxy groups -OCH3 is 1. The van der Waals surface area contributed by atoms with Crippen LogP contribution < -0.4 is 10.1 Å². The molecule has 0 aliphatic carbocycles. The molecule has 0 bridgehead atoms. The summed E-state index contributed by atoms with van der Waals surface area (Å²) in [5, 5.41) is 3.23. The first-order valence-corrected chi connectivity index (χ1v) is 9.07. The predicted octanol–water partition coefficient (Wildman–Crippen LogP) is 5.30. The summed E-state index contributed by atoms with van der Waals surface area (Å²) in [4.78, 5) is 23.9. The second-order valence-corrected chi connectivity index (χ2v) is 6.94. The molecule has 0 fully saturated rings. The second kappa shape index (κ2) is 9.22. The Labute approximate surface area is 164 Å². The fourth-order valence-electron chi connectivity index (χ4n) is 2.19. The third-order valence-electron chi connectivity index (χ3n) is 3.52. The summed E-state index contributed by atoms with van der Waals surface area (Å²) in [6.45, 7) is 0. The number of amides is 1. The molecular weight excluding hydrogens is 429 g/mol. The molecule has 4 nitrogen and oxygen atoms in total. The Hall–Kier alpha value is -1.56. The van der Waals surface area contributed by atoms with E-state index in [1.807, 2.05) is 24.3 Å². The monoisotopic (exact) mass is 443 g/mol. The highest BCUT2D eigenvalue weighted by Crippen LogP contribution is 2.33. The maximum absolute atomic E-state index is 12.0. The van der Waals surface area contributed by atoms with Crippen LogP contribution in [-0.4, -0.2) is 18.8 Å². The molecule has 2 rings (SSSR count). The standard InChI is InChI=1S/C18H16BrCl2NO3/c1-25-13-7-5-11(6-8-13)3-2-4-16(23)18(24)22-12-9-14(20)17(19)15(21)10-12/h5-10H,2-4H2,1H3,(H,22,24). The van der Waals surface area contributed by atoms with Crippen LogP contribution in [-0.2, 0) is 16.0 Å². The normalized spacial score (nSPS) is 10.4. The van der Waals surface area contributed by atoms with Crippen molar-refractivity contribution in [1.29, 1.82) is 0 Å². The van der Waals surface area contributed by atoms with Crippen molar-refractivity contribution in [2.75, 3.05) is 12.4 Å². The van der Waals surface area contributed by atoms with E-state index < -0.39 is 11.7 Å². The van der Waals surface area contributed by atoms with Gasteiger partial charge in [-0.1, -0.05) is 35.3 Å². The number of ketones is 1. The number of rotatable bonds is 7. The Bertz CT molecular complexity index is 755. The molecule has 1 amide bonds. The van der Waals surface area contributed by atoms with E-state index in [0.717, 1.165) is 11.3 Å². The molecule has 0 atom stereocenters. The van der Waals surface area contributed by atoms with Crippen molar-refractivity contribution in [2.24, 2.45) is 0 Å². The van der Waals surface area contributed by atoms with Crippen molar-refractivity contribution >= 4 is 56.5 Å². The van der Waals surface area contributed by atoms with E-state index in [9.17, 15) is 9.59 Å². The third-order valence-corrected chi connectivity index (χ3v) is 5.43. The molecule has 0 unspecified atom stereocenters. The number of nitrogens with one attached hydrogen (secondary N) is 1. The molecular formula is C18H16BrCl2NO3. The SMILES string of the molecule is COc1ccc(CCCC(=O)C(=O)Nc2cc(Cl)c(Br)c(Cl)c2)cc1. The molecule has 2 aromatic rings. The molecule has 25 heavy (non-hydrogen) atoms. The van der Waals surface area contributed by atoms with Gasteiger partial charge in [-0.2, -0.15) is 0 Å². The predicted molar refractivity (Wildman–Crippen MR) is 104 cm³/mol. The van der Waals surface area contributed by atoms with Crippen LogP contribution in [0, 0.1) is 0 Å². The lowest BCUT2D eigenvalue weighted by atomic mass is 10.1. The van der Waals surface area contributed by atoms with Crippen LogP contribution in [0.4, 0.5) is 5.69 Å². The zero-order chi connectivity index (χ0) is 18.4. The first-order chi connectivity index (χ1) is 11.9. The Morgan fingerprint density at radius 3 is 2.28 bits per heavy atom. The van der Waals surface area contributed by atoms with Crippen LogP contribution in [0.1, 0.15) is 18.4 Å². The largest absolute Gasteiger partial charge is 0.497 e. The maximum Gasteiger partial charge on any atom is 0.291 e. The Morgan fingerprint density at radius 1 is 1.12 bits per heavy atom. The van der Waals surface area contributed by atoms with Gasteiger partial charge in [-0.05, 0) is 58.6 Å². The van der Waals surface area contributed by atoms with Crippen LogP contribution in [0.15, 0.2) is 40.9 Å². The van der Waals surface area contributed by atoms with Gasteiger partial charge in [0.05, 0.1) is 21.6 Å². The minimum absolute atomic E-state index is 0.163. The molecule has 7 heteroatoms. The zero-order valence-electron chi connectivity index (χ0n) is 13.4. The molecule has 0 saturated heterocycles. The lowest BCUT2D eigenvalue weighted by Gasteiger charge is -2.07.